The second kappa shape index (κ2) is 7.60. The van der Waals surface area contributed by atoms with Gasteiger partial charge in [-0.1, -0.05) is 0 Å². The van der Waals surface area contributed by atoms with Crippen molar-refractivity contribution in [1.82, 2.24) is 0 Å². The Hall–Kier alpha value is 1.18. The molecule has 1 aromatic heterocycles. The number of thiophene rings is 1. The first-order chi connectivity index (χ1) is 9.91. The van der Waals surface area contributed by atoms with Crippen molar-refractivity contribution in [3.8, 4) is 0 Å². The van der Waals surface area contributed by atoms with E-state index in [4.69, 9.17) is 0 Å². The van der Waals surface area contributed by atoms with Gasteiger partial charge in [0.2, 0.25) is 0 Å². The standard InChI is InChI=1S/C18H30P2S.Rh/c1-11-7-8-12(2)19(11)17-15(5)21-16(6)18(17)20-13(3)9-10-14(20)4;/h11-14H,7-10H2,1-6H3;/p+2/t11-,12-,13-,14-;/m0./s1. The average molecular weight is 445 g/mol. The molecule has 0 unspecified atom stereocenters. The van der Waals surface area contributed by atoms with Gasteiger partial charge >= 0.3 is 0 Å². The molecule has 127 valence electrons. The molecule has 2 fully saturated rings. The molecule has 3 heterocycles. The van der Waals surface area contributed by atoms with Gasteiger partial charge < -0.3 is 0 Å². The maximum atomic E-state index is 2.55. The predicted octanol–water partition coefficient (Wildman–Crippen LogP) is 5.18. The Kier molecular flexibility index (Phi) is 6.74. The third-order valence-electron chi connectivity index (χ3n) is 6.03. The van der Waals surface area contributed by atoms with Crippen LogP contribution in [0.15, 0.2) is 0 Å². The van der Waals surface area contributed by atoms with Crippen LogP contribution in [-0.2, 0) is 19.5 Å². The van der Waals surface area contributed by atoms with Crippen molar-refractivity contribution in [2.24, 2.45) is 0 Å². The van der Waals surface area contributed by atoms with E-state index in [1.165, 1.54) is 25.7 Å². The van der Waals surface area contributed by atoms with Gasteiger partial charge in [0.05, 0.1) is 22.6 Å². The molecule has 0 amide bonds. The van der Waals surface area contributed by atoms with Crippen LogP contribution in [0.3, 0.4) is 0 Å². The van der Waals surface area contributed by atoms with Crippen LogP contribution in [0, 0.1) is 13.8 Å². The number of hydrogen-bond donors (Lipinski definition) is 0. The summed E-state index contributed by atoms with van der Waals surface area (Å²) in [4.78, 5) is 3.39. The zero-order valence-electron chi connectivity index (χ0n) is 14.9. The summed E-state index contributed by atoms with van der Waals surface area (Å²) < 4.78 is 0. The summed E-state index contributed by atoms with van der Waals surface area (Å²) in [6, 6.07) is 0. The smallest absolute Gasteiger partial charge is 0.137 e. The van der Waals surface area contributed by atoms with Gasteiger partial charge in [0.1, 0.15) is 10.6 Å². The van der Waals surface area contributed by atoms with E-state index in [1.54, 1.807) is 9.75 Å². The Morgan fingerprint density at radius 3 is 1.23 bits per heavy atom. The maximum absolute atomic E-state index is 2.55. The fourth-order valence-electron chi connectivity index (χ4n) is 4.96. The van der Waals surface area contributed by atoms with Crippen molar-refractivity contribution in [1.29, 1.82) is 0 Å². The summed E-state index contributed by atoms with van der Waals surface area (Å²) in [7, 11) is -0.662. The molecule has 0 aromatic carbocycles. The fourth-order valence-corrected chi connectivity index (χ4v) is 15.5. The molecule has 0 spiro atoms. The van der Waals surface area contributed by atoms with E-state index >= 15 is 0 Å². The van der Waals surface area contributed by atoms with Gasteiger partial charge in [0.25, 0.3) is 0 Å². The molecule has 0 aliphatic carbocycles. The number of rotatable bonds is 2. The summed E-state index contributed by atoms with van der Waals surface area (Å²) in [5.74, 6) is 0. The molecule has 2 saturated heterocycles. The van der Waals surface area contributed by atoms with Crippen molar-refractivity contribution in [2.75, 3.05) is 0 Å². The zero-order valence-corrected chi connectivity index (χ0v) is 19.3. The molecule has 0 bridgehead atoms. The Balaban J connectivity index is 0.00000176. The van der Waals surface area contributed by atoms with E-state index < -0.39 is 0 Å². The molecule has 2 aliphatic heterocycles. The van der Waals surface area contributed by atoms with Crippen molar-refractivity contribution < 1.29 is 19.5 Å². The first-order valence-electron chi connectivity index (χ1n) is 8.76. The summed E-state index contributed by atoms with van der Waals surface area (Å²) in [5.41, 5.74) is 3.97. The molecular formula is C18H32P2RhS+2. The van der Waals surface area contributed by atoms with Crippen LogP contribution in [0.1, 0.15) is 63.1 Å². The number of hydrogen-bond acceptors (Lipinski definition) is 1. The average Bonchev–Trinajstić information content (AvgIpc) is 3.00. The monoisotopic (exact) mass is 445 g/mol. The van der Waals surface area contributed by atoms with Crippen molar-refractivity contribution in [2.45, 2.75) is 89.9 Å². The second-order valence-corrected chi connectivity index (χ2v) is 15.8. The van der Waals surface area contributed by atoms with Gasteiger partial charge in [0, 0.05) is 45.1 Å². The van der Waals surface area contributed by atoms with Crippen LogP contribution in [-0.4, -0.2) is 22.6 Å². The van der Waals surface area contributed by atoms with Crippen LogP contribution < -0.4 is 10.6 Å². The Morgan fingerprint density at radius 1 is 0.682 bits per heavy atom. The Morgan fingerprint density at radius 2 is 0.955 bits per heavy atom. The topological polar surface area (TPSA) is 0 Å². The van der Waals surface area contributed by atoms with Crippen LogP contribution in [0.2, 0.25) is 0 Å². The molecule has 0 nitrogen and oxygen atoms in total. The van der Waals surface area contributed by atoms with Gasteiger partial charge in [0.15, 0.2) is 0 Å². The molecule has 4 heteroatoms. The van der Waals surface area contributed by atoms with E-state index in [9.17, 15) is 0 Å². The Labute approximate surface area is 156 Å². The molecule has 0 saturated carbocycles. The molecular weight excluding hydrogens is 413 g/mol. The van der Waals surface area contributed by atoms with Crippen molar-refractivity contribution in [3.05, 3.63) is 9.75 Å². The van der Waals surface area contributed by atoms with Gasteiger partial charge in [-0.25, -0.2) is 0 Å². The van der Waals surface area contributed by atoms with Crippen LogP contribution in [0.4, 0.5) is 0 Å². The van der Waals surface area contributed by atoms with E-state index in [-0.39, 0.29) is 35.3 Å². The van der Waals surface area contributed by atoms with E-state index in [0.29, 0.717) is 0 Å². The predicted molar refractivity (Wildman–Crippen MR) is 106 cm³/mol. The molecule has 1 radical (unpaired) electrons. The largest absolute Gasteiger partial charge is 0.147 e. The van der Waals surface area contributed by atoms with Crippen molar-refractivity contribution >= 4 is 37.8 Å². The van der Waals surface area contributed by atoms with Crippen LogP contribution in [0.5, 0.6) is 0 Å². The minimum atomic E-state index is -0.331. The van der Waals surface area contributed by atoms with Crippen LogP contribution >= 0.6 is 27.2 Å². The minimum Gasteiger partial charge on any atom is -0.137 e. The second-order valence-electron chi connectivity index (χ2n) is 7.63. The summed E-state index contributed by atoms with van der Waals surface area (Å²) in [6.07, 6.45) is 5.93. The molecule has 4 atom stereocenters. The van der Waals surface area contributed by atoms with Gasteiger partial charge in [-0.3, -0.25) is 0 Å². The van der Waals surface area contributed by atoms with Gasteiger partial charge in [-0.15, -0.1) is 11.3 Å². The molecule has 0 N–H and O–H groups in total. The normalized spacial score (nSPS) is 33.4. The van der Waals surface area contributed by atoms with Crippen LogP contribution in [0.25, 0.3) is 0 Å². The van der Waals surface area contributed by atoms with E-state index in [1.807, 2.05) is 10.6 Å². The van der Waals surface area contributed by atoms with E-state index in [0.717, 1.165) is 22.6 Å². The number of aryl methyl sites for hydroxylation is 2. The maximum Gasteiger partial charge on any atom is 0.147 e. The third-order valence-corrected chi connectivity index (χ3v) is 15.5. The Bertz CT molecular complexity index is 463. The fraction of sp³-hybridized carbons (Fsp3) is 0.778. The summed E-state index contributed by atoms with van der Waals surface area (Å²) in [5, 5.41) is 3.88. The van der Waals surface area contributed by atoms with Crippen molar-refractivity contribution in [3.63, 3.8) is 0 Å². The first kappa shape index (κ1) is 19.5. The quantitative estimate of drug-likeness (QED) is 0.435. The third kappa shape index (κ3) is 3.29. The minimum absolute atomic E-state index is 0. The first-order valence-corrected chi connectivity index (χ1v) is 12.9. The molecule has 22 heavy (non-hydrogen) atoms. The SMILES string of the molecule is Cc1sc(C)c([PH+]2[C@@H](C)CC[C@@H]2C)c1[PH+]1[C@@H](C)CC[C@@H]1C.[Rh]. The molecule has 2 aliphatic rings. The molecule has 3 rings (SSSR count). The van der Waals surface area contributed by atoms with Gasteiger partial charge in [-0.05, 0) is 67.2 Å². The summed E-state index contributed by atoms with van der Waals surface area (Å²) in [6.45, 7) is 15.1. The molecule has 1 aromatic rings. The zero-order chi connectivity index (χ0) is 15.3. The van der Waals surface area contributed by atoms with E-state index in [2.05, 4.69) is 52.9 Å². The van der Waals surface area contributed by atoms with Gasteiger partial charge in [-0.2, -0.15) is 0 Å². The summed E-state index contributed by atoms with van der Waals surface area (Å²) >= 11 is 2.13.